The largest absolute Gasteiger partial charge is 0.496 e. The molecule has 0 aliphatic carbocycles. The number of likely N-dealkylation sites (N-methyl/N-ethyl adjacent to an activating group) is 1. The minimum absolute atomic E-state index is 0.142. The molecule has 8 heteroatoms. The van der Waals surface area contributed by atoms with Crippen molar-refractivity contribution in [1.82, 2.24) is 24.9 Å². The molecule has 0 amide bonds. The molecule has 0 radical (unpaired) electrons. The monoisotopic (exact) mass is 490 g/mol. The van der Waals surface area contributed by atoms with Crippen LogP contribution < -0.4 is 10.1 Å². The highest BCUT2D eigenvalue weighted by Crippen LogP contribution is 2.38. The van der Waals surface area contributed by atoms with E-state index < -0.39 is 0 Å². The van der Waals surface area contributed by atoms with Gasteiger partial charge in [0.15, 0.2) is 5.82 Å². The lowest BCUT2D eigenvalue weighted by Crippen LogP contribution is -2.47. The molecule has 3 heterocycles. The van der Waals surface area contributed by atoms with Crippen LogP contribution in [0.4, 0.5) is 10.2 Å². The van der Waals surface area contributed by atoms with Gasteiger partial charge in [-0.05, 0) is 55.6 Å². The first-order chi connectivity index (χ1) is 17.5. The van der Waals surface area contributed by atoms with Gasteiger partial charge in [0.05, 0.1) is 12.8 Å². The average molecular weight is 491 g/mol. The molecule has 0 atom stereocenters. The van der Waals surface area contributed by atoms with Gasteiger partial charge in [0.25, 0.3) is 0 Å². The van der Waals surface area contributed by atoms with Gasteiger partial charge in [-0.15, -0.1) is 0 Å². The van der Waals surface area contributed by atoms with E-state index in [9.17, 15) is 4.39 Å². The molecule has 2 aromatic carbocycles. The third-order valence-electron chi connectivity index (χ3n) is 7.08. The molecule has 1 fully saturated rings. The maximum atomic E-state index is 14.8. The predicted octanol–water partition coefficient (Wildman–Crippen LogP) is 3.87. The van der Waals surface area contributed by atoms with Crippen molar-refractivity contribution < 1.29 is 9.13 Å². The summed E-state index contributed by atoms with van der Waals surface area (Å²) < 4.78 is 20.4. The van der Waals surface area contributed by atoms with Gasteiger partial charge in [-0.2, -0.15) is 5.10 Å². The van der Waals surface area contributed by atoms with Gasteiger partial charge in [0.2, 0.25) is 0 Å². The highest BCUT2D eigenvalue weighted by Gasteiger charge is 2.22. The molecule has 190 valence electrons. The average Bonchev–Trinajstić information content (AvgIpc) is 3.32. The van der Waals surface area contributed by atoms with Gasteiger partial charge in [-0.1, -0.05) is 18.2 Å². The summed E-state index contributed by atoms with van der Waals surface area (Å²) in [5, 5.41) is 11.0. The zero-order valence-corrected chi connectivity index (χ0v) is 21.4. The van der Waals surface area contributed by atoms with Crippen molar-refractivity contribution >= 4 is 17.5 Å². The quantitative estimate of drug-likeness (QED) is 0.500. The number of H-pyrrole nitrogens is 1. The van der Waals surface area contributed by atoms with Crippen LogP contribution >= 0.6 is 0 Å². The molecule has 1 saturated heterocycles. The number of piperazine rings is 1. The SMILES string of the molecule is COc1ccccc1-c1[nH]nc2c1C=C(c1ccc(F)c(CN3CCN(CCN(C)C)CC3)c1)CN2. The summed E-state index contributed by atoms with van der Waals surface area (Å²) >= 11 is 0. The maximum absolute atomic E-state index is 14.8. The number of rotatable bonds is 8. The van der Waals surface area contributed by atoms with Gasteiger partial charge < -0.3 is 15.0 Å². The van der Waals surface area contributed by atoms with Gasteiger partial charge in [0.1, 0.15) is 11.6 Å². The Kier molecular flexibility index (Phi) is 7.36. The summed E-state index contributed by atoms with van der Waals surface area (Å²) in [6.45, 7) is 7.39. The summed E-state index contributed by atoms with van der Waals surface area (Å²) in [6, 6.07) is 13.4. The van der Waals surface area contributed by atoms with Crippen LogP contribution in [0.25, 0.3) is 22.9 Å². The standard InChI is InChI=1S/C28H35FN6O/c1-33(2)10-11-34-12-14-35(15-13-34)19-22-16-20(8-9-25(22)29)21-17-24-27(31-32-28(24)30-18-21)23-6-4-5-7-26(23)36-3/h4-9,16-17H,10-15,18-19H2,1-3H3,(H2,30,31,32). The van der Waals surface area contributed by atoms with Crippen LogP contribution in [0.15, 0.2) is 42.5 Å². The van der Waals surface area contributed by atoms with Gasteiger partial charge >= 0.3 is 0 Å². The van der Waals surface area contributed by atoms with Crippen molar-refractivity contribution in [1.29, 1.82) is 0 Å². The Balaban J connectivity index is 1.33. The Labute approximate surface area is 212 Å². The number of aromatic amines is 1. The second-order valence-corrected chi connectivity index (χ2v) is 9.81. The topological polar surface area (TPSA) is 59.7 Å². The smallest absolute Gasteiger partial charge is 0.156 e. The van der Waals surface area contributed by atoms with E-state index in [0.717, 1.165) is 84.4 Å². The van der Waals surface area contributed by atoms with Gasteiger partial charge in [-0.25, -0.2) is 4.39 Å². The molecule has 2 aliphatic rings. The van der Waals surface area contributed by atoms with Gasteiger partial charge in [0, 0.05) is 69.0 Å². The Bertz CT molecular complexity index is 1230. The molecular weight excluding hydrogens is 455 g/mol. The number of hydrogen-bond donors (Lipinski definition) is 2. The van der Waals surface area contributed by atoms with Crippen LogP contribution in [-0.4, -0.2) is 91.9 Å². The van der Waals surface area contributed by atoms with Crippen molar-refractivity contribution in [2.45, 2.75) is 6.54 Å². The van der Waals surface area contributed by atoms with Crippen molar-refractivity contribution in [2.75, 3.05) is 72.3 Å². The second-order valence-electron chi connectivity index (χ2n) is 9.81. The van der Waals surface area contributed by atoms with Crippen LogP contribution in [0.3, 0.4) is 0 Å². The number of anilines is 1. The molecule has 3 aromatic rings. The third-order valence-corrected chi connectivity index (χ3v) is 7.08. The van der Waals surface area contributed by atoms with Gasteiger partial charge in [-0.3, -0.25) is 14.9 Å². The number of methoxy groups -OCH3 is 1. The number of aromatic nitrogens is 2. The van der Waals surface area contributed by atoms with Crippen molar-refractivity contribution in [3.05, 3.63) is 65.0 Å². The Hall–Kier alpha value is -3.20. The number of ether oxygens (including phenoxy) is 1. The fourth-order valence-electron chi connectivity index (χ4n) is 4.92. The van der Waals surface area contributed by atoms with Crippen LogP contribution in [0.5, 0.6) is 5.75 Å². The van der Waals surface area contributed by atoms with Crippen LogP contribution in [0, 0.1) is 5.82 Å². The number of nitrogens with one attached hydrogen (secondary N) is 2. The molecule has 7 nitrogen and oxygen atoms in total. The Morgan fingerprint density at radius 3 is 2.61 bits per heavy atom. The fourth-order valence-corrected chi connectivity index (χ4v) is 4.92. The molecule has 0 unspecified atom stereocenters. The van der Waals surface area contributed by atoms with Crippen LogP contribution in [0.2, 0.25) is 0 Å². The predicted molar refractivity (Wildman–Crippen MR) is 144 cm³/mol. The van der Waals surface area contributed by atoms with Crippen LogP contribution in [0.1, 0.15) is 16.7 Å². The van der Waals surface area contributed by atoms with Crippen molar-refractivity contribution in [2.24, 2.45) is 0 Å². The summed E-state index contributed by atoms with van der Waals surface area (Å²) in [7, 11) is 5.89. The van der Waals surface area contributed by atoms with Crippen molar-refractivity contribution in [3.8, 4) is 17.0 Å². The summed E-state index contributed by atoms with van der Waals surface area (Å²) in [6.07, 6.45) is 2.15. The molecule has 0 saturated carbocycles. The molecule has 0 bridgehead atoms. The molecule has 0 spiro atoms. The molecule has 2 N–H and O–H groups in total. The zero-order valence-electron chi connectivity index (χ0n) is 21.4. The lowest BCUT2D eigenvalue weighted by atomic mass is 9.96. The van der Waals surface area contributed by atoms with E-state index in [0.29, 0.717) is 13.1 Å². The second kappa shape index (κ2) is 10.8. The maximum Gasteiger partial charge on any atom is 0.156 e. The first-order valence-corrected chi connectivity index (χ1v) is 12.6. The molecule has 36 heavy (non-hydrogen) atoms. The molecular formula is C28H35FN6O. The lowest BCUT2D eigenvalue weighted by Gasteiger charge is -2.35. The number of benzene rings is 2. The number of hydrogen-bond acceptors (Lipinski definition) is 6. The Morgan fingerprint density at radius 1 is 1.06 bits per heavy atom. The van der Waals surface area contributed by atoms with E-state index in [1.165, 1.54) is 0 Å². The third kappa shape index (κ3) is 5.31. The van der Waals surface area contributed by atoms with E-state index in [-0.39, 0.29) is 5.82 Å². The number of halogens is 1. The molecule has 1 aromatic heterocycles. The first kappa shape index (κ1) is 24.5. The fraction of sp³-hybridized carbons (Fsp3) is 0.393. The number of nitrogens with zero attached hydrogens (tertiary/aromatic N) is 4. The zero-order chi connectivity index (χ0) is 25.1. The van der Waals surface area contributed by atoms with E-state index in [1.54, 1.807) is 13.2 Å². The minimum atomic E-state index is -0.142. The van der Waals surface area contributed by atoms with E-state index >= 15 is 0 Å². The summed E-state index contributed by atoms with van der Waals surface area (Å²) in [5.41, 5.74) is 5.73. The summed E-state index contributed by atoms with van der Waals surface area (Å²) in [4.78, 5) is 7.06. The normalized spacial score (nSPS) is 16.5. The minimum Gasteiger partial charge on any atom is -0.496 e. The Morgan fingerprint density at radius 2 is 1.83 bits per heavy atom. The van der Waals surface area contributed by atoms with Crippen LogP contribution in [-0.2, 0) is 6.54 Å². The summed E-state index contributed by atoms with van der Waals surface area (Å²) in [5.74, 6) is 1.46. The van der Waals surface area contributed by atoms with E-state index in [4.69, 9.17) is 4.74 Å². The number of para-hydroxylation sites is 1. The number of fused-ring (bicyclic) bond motifs is 1. The highest BCUT2D eigenvalue weighted by molar-refractivity contribution is 5.94. The molecule has 2 aliphatic heterocycles. The van der Waals surface area contributed by atoms with E-state index in [2.05, 4.69) is 50.4 Å². The lowest BCUT2D eigenvalue weighted by molar-refractivity contribution is 0.119. The highest BCUT2D eigenvalue weighted by atomic mass is 19.1. The first-order valence-electron chi connectivity index (χ1n) is 12.6. The molecule has 5 rings (SSSR count). The van der Waals surface area contributed by atoms with E-state index in [1.807, 2.05) is 36.4 Å². The van der Waals surface area contributed by atoms with Crippen molar-refractivity contribution in [3.63, 3.8) is 0 Å².